The average molecular weight is 413 g/mol. The van der Waals surface area contributed by atoms with E-state index in [1.807, 2.05) is 42.5 Å². The van der Waals surface area contributed by atoms with Crippen molar-refractivity contribution in [2.45, 2.75) is 0 Å². The zero-order chi connectivity index (χ0) is 21.3. The van der Waals surface area contributed by atoms with Crippen molar-refractivity contribution < 1.29 is 36.5 Å². The van der Waals surface area contributed by atoms with Crippen LogP contribution in [0.2, 0.25) is 0 Å². The molecular weight excluding hydrogens is 390 g/mol. The van der Waals surface area contributed by atoms with E-state index in [2.05, 4.69) is 0 Å². The van der Waals surface area contributed by atoms with Crippen molar-refractivity contribution in [3.05, 3.63) is 41.5 Å². The quantitative estimate of drug-likeness (QED) is 0.371. The molecule has 9 nitrogen and oxygen atoms in total. The van der Waals surface area contributed by atoms with Crippen LogP contribution in [0.4, 0.5) is 5.69 Å². The van der Waals surface area contributed by atoms with Crippen LogP contribution in [0.1, 0.15) is 11.1 Å². The maximum Gasteiger partial charge on any atom is 0.394 e. The lowest BCUT2D eigenvalue weighted by molar-refractivity contribution is 0.324. The highest BCUT2D eigenvalue weighted by atomic mass is 32.3. The van der Waals surface area contributed by atoms with Crippen molar-refractivity contribution in [3.8, 4) is 23.0 Å². The van der Waals surface area contributed by atoms with E-state index in [-0.39, 0.29) is 0 Å². The highest BCUT2D eigenvalue weighted by molar-refractivity contribution is 7.79. The van der Waals surface area contributed by atoms with Gasteiger partial charge in [-0.25, -0.2) is 0 Å². The number of rotatable bonds is 6. The monoisotopic (exact) mass is 413 g/mol. The first-order valence-electron chi connectivity index (χ1n) is 7.74. The van der Waals surface area contributed by atoms with E-state index >= 15 is 0 Å². The van der Waals surface area contributed by atoms with Gasteiger partial charge in [-0.2, -0.15) is 8.42 Å². The summed E-state index contributed by atoms with van der Waals surface area (Å²) in [6.45, 7) is 0. The summed E-state index contributed by atoms with van der Waals surface area (Å²) in [5.41, 5.74) is 8.41. The number of nitrogens with two attached hydrogens (primary N) is 1. The Labute approximate surface area is 163 Å². The van der Waals surface area contributed by atoms with Crippen LogP contribution in [0.5, 0.6) is 23.0 Å². The lowest BCUT2D eigenvalue weighted by Gasteiger charge is -2.12. The summed E-state index contributed by atoms with van der Waals surface area (Å²) >= 11 is 0. The number of nitrogen functional groups attached to an aromatic ring is 1. The van der Waals surface area contributed by atoms with Gasteiger partial charge in [0.2, 0.25) is 5.75 Å². The van der Waals surface area contributed by atoms with Gasteiger partial charge in [-0.15, -0.1) is 0 Å². The Morgan fingerprint density at radius 2 is 1.25 bits per heavy atom. The van der Waals surface area contributed by atoms with E-state index in [1.165, 1.54) is 0 Å². The summed E-state index contributed by atoms with van der Waals surface area (Å²) in [5, 5.41) is 0. The van der Waals surface area contributed by atoms with Crippen LogP contribution < -0.4 is 24.7 Å². The maximum absolute atomic E-state index is 8.74. The highest BCUT2D eigenvalue weighted by Crippen LogP contribution is 2.38. The van der Waals surface area contributed by atoms with Crippen molar-refractivity contribution in [1.82, 2.24) is 0 Å². The molecule has 0 saturated carbocycles. The maximum atomic E-state index is 8.74. The molecular formula is C18H23NO8S. The SMILES string of the molecule is COc1ccc(/C=C\c2cc(OC)c(OC)c(OC)c2)cc1N.O=S(=O)(O)O. The van der Waals surface area contributed by atoms with E-state index in [0.29, 0.717) is 28.7 Å². The van der Waals surface area contributed by atoms with Crippen LogP contribution in [-0.2, 0) is 10.4 Å². The number of benzene rings is 2. The molecule has 2 rings (SSSR count). The van der Waals surface area contributed by atoms with E-state index in [4.69, 9.17) is 42.2 Å². The minimum absolute atomic E-state index is 0.570. The fourth-order valence-corrected chi connectivity index (χ4v) is 2.25. The fraction of sp³-hybridized carbons (Fsp3) is 0.222. The van der Waals surface area contributed by atoms with Crippen LogP contribution in [0.3, 0.4) is 0 Å². The second kappa shape index (κ2) is 10.4. The molecule has 0 saturated heterocycles. The summed E-state index contributed by atoms with van der Waals surface area (Å²) in [7, 11) is 1.69. The van der Waals surface area contributed by atoms with Gasteiger partial charge in [0.05, 0.1) is 34.1 Å². The van der Waals surface area contributed by atoms with Crippen molar-refractivity contribution in [2.24, 2.45) is 0 Å². The van der Waals surface area contributed by atoms with Gasteiger partial charge in [-0.3, -0.25) is 9.11 Å². The van der Waals surface area contributed by atoms with Gasteiger partial charge < -0.3 is 24.7 Å². The summed E-state index contributed by atoms with van der Waals surface area (Å²) in [4.78, 5) is 0. The lowest BCUT2D eigenvalue weighted by Crippen LogP contribution is -1.95. The Bertz CT molecular complexity index is 892. The smallest absolute Gasteiger partial charge is 0.394 e. The molecule has 0 radical (unpaired) electrons. The standard InChI is InChI=1S/C18H21NO4.H2O4S/c1-20-15-8-7-12(9-14(15)19)5-6-13-10-16(21-2)18(23-4)17(11-13)22-3;1-5(2,3)4/h5-11H,19H2,1-4H3;(H2,1,2,3,4)/b6-5-;. The number of anilines is 1. The molecule has 0 amide bonds. The van der Waals surface area contributed by atoms with Crippen LogP contribution in [0.15, 0.2) is 30.3 Å². The van der Waals surface area contributed by atoms with Crippen LogP contribution >= 0.6 is 0 Å². The zero-order valence-electron chi connectivity index (χ0n) is 15.9. The number of hydrogen-bond acceptors (Lipinski definition) is 7. The molecule has 0 spiro atoms. The van der Waals surface area contributed by atoms with E-state index < -0.39 is 10.4 Å². The first kappa shape index (κ1) is 23.1. The molecule has 154 valence electrons. The second-order valence-corrected chi connectivity index (χ2v) is 6.14. The van der Waals surface area contributed by atoms with Crippen LogP contribution in [-0.4, -0.2) is 46.0 Å². The first-order chi connectivity index (χ1) is 13.1. The normalized spacial score (nSPS) is 10.8. The van der Waals surface area contributed by atoms with Crippen molar-refractivity contribution >= 4 is 28.2 Å². The molecule has 2 aromatic carbocycles. The minimum atomic E-state index is -4.67. The van der Waals surface area contributed by atoms with Crippen molar-refractivity contribution in [1.29, 1.82) is 0 Å². The minimum Gasteiger partial charge on any atom is -0.495 e. The Morgan fingerprint density at radius 3 is 1.64 bits per heavy atom. The third-order valence-electron chi connectivity index (χ3n) is 3.41. The predicted octanol–water partition coefficient (Wildman–Crippen LogP) is 2.82. The van der Waals surface area contributed by atoms with E-state index in [9.17, 15) is 0 Å². The van der Waals surface area contributed by atoms with Crippen molar-refractivity contribution in [2.75, 3.05) is 34.2 Å². The molecule has 0 aromatic heterocycles. The van der Waals surface area contributed by atoms with Crippen LogP contribution in [0.25, 0.3) is 12.2 Å². The van der Waals surface area contributed by atoms with Gasteiger partial charge in [-0.1, -0.05) is 18.2 Å². The molecule has 0 atom stereocenters. The second-order valence-electron chi connectivity index (χ2n) is 5.24. The van der Waals surface area contributed by atoms with Gasteiger partial charge in [0.15, 0.2) is 11.5 Å². The predicted molar refractivity (Wildman–Crippen MR) is 107 cm³/mol. The third kappa shape index (κ3) is 7.35. The number of hydrogen-bond donors (Lipinski definition) is 3. The molecule has 0 unspecified atom stereocenters. The zero-order valence-corrected chi connectivity index (χ0v) is 16.7. The van der Waals surface area contributed by atoms with E-state index in [0.717, 1.165) is 11.1 Å². The summed E-state index contributed by atoms with van der Waals surface area (Å²) < 4.78 is 52.7. The van der Waals surface area contributed by atoms with Gasteiger partial charge in [-0.05, 0) is 35.4 Å². The number of ether oxygens (including phenoxy) is 4. The molecule has 10 heteroatoms. The Balaban J connectivity index is 0.000000696. The Hall–Kier alpha value is -2.95. The molecule has 0 fully saturated rings. The molecule has 4 N–H and O–H groups in total. The van der Waals surface area contributed by atoms with E-state index in [1.54, 1.807) is 28.4 Å². The van der Waals surface area contributed by atoms with Gasteiger partial charge in [0.25, 0.3) is 0 Å². The summed E-state index contributed by atoms with van der Waals surface area (Å²) in [6, 6.07) is 9.39. The van der Waals surface area contributed by atoms with Crippen LogP contribution in [0, 0.1) is 0 Å². The largest absolute Gasteiger partial charge is 0.495 e. The van der Waals surface area contributed by atoms with Gasteiger partial charge >= 0.3 is 10.4 Å². The van der Waals surface area contributed by atoms with Crippen molar-refractivity contribution in [3.63, 3.8) is 0 Å². The topological polar surface area (TPSA) is 138 Å². The average Bonchev–Trinajstić information content (AvgIpc) is 2.64. The fourth-order valence-electron chi connectivity index (χ4n) is 2.25. The molecule has 0 aliphatic carbocycles. The highest BCUT2D eigenvalue weighted by Gasteiger charge is 2.12. The summed E-state index contributed by atoms with van der Waals surface area (Å²) in [5.74, 6) is 2.46. The third-order valence-corrected chi connectivity index (χ3v) is 3.41. The molecule has 0 bridgehead atoms. The number of methoxy groups -OCH3 is 4. The Kier molecular flexibility index (Phi) is 8.58. The lowest BCUT2D eigenvalue weighted by atomic mass is 10.1. The first-order valence-corrected chi connectivity index (χ1v) is 9.14. The molecule has 0 heterocycles. The van der Waals surface area contributed by atoms with Gasteiger partial charge in [0.1, 0.15) is 5.75 Å². The molecule has 0 aliphatic rings. The summed E-state index contributed by atoms with van der Waals surface area (Å²) in [6.07, 6.45) is 3.90. The molecule has 28 heavy (non-hydrogen) atoms. The molecule has 2 aromatic rings. The van der Waals surface area contributed by atoms with Gasteiger partial charge in [0, 0.05) is 0 Å². The molecule has 0 aliphatic heterocycles. The Morgan fingerprint density at radius 1 is 0.786 bits per heavy atom.